The monoisotopic (exact) mass is 358 g/mol. The molecule has 0 radical (unpaired) electrons. The van der Waals surface area contributed by atoms with E-state index in [9.17, 15) is 9.18 Å². The van der Waals surface area contributed by atoms with E-state index >= 15 is 0 Å². The van der Waals surface area contributed by atoms with Crippen LogP contribution in [0.1, 0.15) is 49.3 Å². The molecule has 0 spiro atoms. The average Bonchev–Trinajstić information content (AvgIpc) is 2.93. The molecule has 1 aliphatic rings. The molecule has 1 aromatic heterocycles. The minimum Gasteiger partial charge on any atom is -0.370 e. The van der Waals surface area contributed by atoms with Gasteiger partial charge in [0.1, 0.15) is 11.5 Å². The standard InChI is InChI=1S/C20H27FN4O/c1-4-25-19(14-18(22-25)15(2)3)20(26)24-11-5-10-23(12-13-24)17-8-6-16(21)7-9-17/h6-9,14-15H,4-5,10-13H2,1-3H3. The van der Waals surface area contributed by atoms with Crippen molar-refractivity contribution >= 4 is 11.6 Å². The molecule has 0 aliphatic carbocycles. The maximum absolute atomic E-state index is 13.1. The highest BCUT2D eigenvalue weighted by Gasteiger charge is 2.24. The second-order valence-electron chi connectivity index (χ2n) is 7.03. The summed E-state index contributed by atoms with van der Waals surface area (Å²) in [4.78, 5) is 17.2. The van der Waals surface area contributed by atoms with E-state index in [-0.39, 0.29) is 11.7 Å². The van der Waals surface area contributed by atoms with Crippen LogP contribution in [0.15, 0.2) is 30.3 Å². The Morgan fingerprint density at radius 3 is 2.54 bits per heavy atom. The summed E-state index contributed by atoms with van der Waals surface area (Å²) in [5.41, 5.74) is 2.63. The first-order valence-electron chi connectivity index (χ1n) is 9.37. The van der Waals surface area contributed by atoms with Crippen LogP contribution < -0.4 is 4.90 Å². The molecule has 26 heavy (non-hydrogen) atoms. The first kappa shape index (κ1) is 18.4. The quantitative estimate of drug-likeness (QED) is 0.840. The summed E-state index contributed by atoms with van der Waals surface area (Å²) in [6.07, 6.45) is 0.889. The largest absolute Gasteiger partial charge is 0.370 e. The van der Waals surface area contributed by atoms with Crippen LogP contribution in [0.25, 0.3) is 0 Å². The van der Waals surface area contributed by atoms with Gasteiger partial charge in [0.2, 0.25) is 0 Å². The van der Waals surface area contributed by atoms with Gasteiger partial charge >= 0.3 is 0 Å². The first-order chi connectivity index (χ1) is 12.5. The highest BCUT2D eigenvalue weighted by atomic mass is 19.1. The molecule has 0 unspecified atom stereocenters. The first-order valence-corrected chi connectivity index (χ1v) is 9.37. The van der Waals surface area contributed by atoms with Crippen LogP contribution in [0.5, 0.6) is 0 Å². The fourth-order valence-electron chi connectivity index (χ4n) is 3.32. The number of aromatic nitrogens is 2. The second kappa shape index (κ2) is 7.89. The molecule has 6 heteroatoms. The number of aryl methyl sites for hydroxylation is 1. The van der Waals surface area contributed by atoms with E-state index in [1.807, 2.05) is 17.9 Å². The number of rotatable bonds is 4. The third-order valence-corrected chi connectivity index (χ3v) is 4.88. The normalized spacial score (nSPS) is 15.4. The van der Waals surface area contributed by atoms with Crippen molar-refractivity contribution in [2.75, 3.05) is 31.1 Å². The van der Waals surface area contributed by atoms with E-state index < -0.39 is 0 Å². The summed E-state index contributed by atoms with van der Waals surface area (Å²) < 4.78 is 14.9. The van der Waals surface area contributed by atoms with Gasteiger partial charge in [-0.1, -0.05) is 13.8 Å². The van der Waals surface area contributed by atoms with E-state index in [0.29, 0.717) is 24.7 Å². The lowest BCUT2D eigenvalue weighted by Gasteiger charge is -2.23. The number of anilines is 1. The highest BCUT2D eigenvalue weighted by molar-refractivity contribution is 5.92. The Hall–Kier alpha value is -2.37. The lowest BCUT2D eigenvalue weighted by molar-refractivity contribution is 0.0754. The van der Waals surface area contributed by atoms with Crippen LogP contribution in [0.3, 0.4) is 0 Å². The SMILES string of the molecule is CCn1nc(C(C)C)cc1C(=O)N1CCCN(c2ccc(F)cc2)CC1. The predicted molar refractivity (Wildman–Crippen MR) is 101 cm³/mol. The third kappa shape index (κ3) is 3.89. The summed E-state index contributed by atoms with van der Waals surface area (Å²) >= 11 is 0. The zero-order valence-corrected chi connectivity index (χ0v) is 15.8. The molecule has 140 valence electrons. The molecule has 0 bridgehead atoms. The fraction of sp³-hybridized carbons (Fsp3) is 0.500. The van der Waals surface area contributed by atoms with Crippen LogP contribution in [-0.2, 0) is 6.54 Å². The van der Waals surface area contributed by atoms with Gasteiger partial charge < -0.3 is 9.80 Å². The summed E-state index contributed by atoms with van der Waals surface area (Å²) in [6, 6.07) is 8.49. The number of hydrogen-bond donors (Lipinski definition) is 0. The van der Waals surface area contributed by atoms with Gasteiger partial charge in [-0.25, -0.2) is 4.39 Å². The van der Waals surface area contributed by atoms with Crippen LogP contribution in [0.2, 0.25) is 0 Å². The van der Waals surface area contributed by atoms with Crippen LogP contribution in [0, 0.1) is 5.82 Å². The maximum Gasteiger partial charge on any atom is 0.272 e. The lowest BCUT2D eigenvalue weighted by Crippen LogP contribution is -2.36. The molecule has 0 N–H and O–H groups in total. The molecule has 0 saturated carbocycles. The van der Waals surface area contributed by atoms with Crippen molar-refractivity contribution in [2.45, 2.75) is 39.7 Å². The molecular formula is C20H27FN4O. The summed E-state index contributed by atoms with van der Waals surface area (Å²) in [7, 11) is 0. The molecule has 1 amide bonds. The van der Waals surface area contributed by atoms with Gasteiger partial charge in [-0.05, 0) is 49.6 Å². The second-order valence-corrected chi connectivity index (χ2v) is 7.03. The molecule has 1 aliphatic heterocycles. The molecule has 2 heterocycles. The third-order valence-electron chi connectivity index (χ3n) is 4.88. The van der Waals surface area contributed by atoms with E-state index in [0.717, 1.165) is 37.4 Å². The molecule has 0 atom stereocenters. The Morgan fingerprint density at radius 2 is 1.88 bits per heavy atom. The van der Waals surface area contributed by atoms with Crippen molar-refractivity contribution in [1.82, 2.24) is 14.7 Å². The minimum absolute atomic E-state index is 0.0483. The topological polar surface area (TPSA) is 41.4 Å². The van der Waals surface area contributed by atoms with E-state index in [4.69, 9.17) is 0 Å². The van der Waals surface area contributed by atoms with Crippen molar-refractivity contribution in [1.29, 1.82) is 0 Å². The summed E-state index contributed by atoms with van der Waals surface area (Å²) in [5, 5.41) is 4.56. The van der Waals surface area contributed by atoms with E-state index in [1.165, 1.54) is 12.1 Å². The van der Waals surface area contributed by atoms with Gasteiger partial charge in [-0.2, -0.15) is 5.10 Å². The number of hydrogen-bond acceptors (Lipinski definition) is 3. The van der Waals surface area contributed by atoms with Gasteiger partial charge in [0.05, 0.1) is 5.69 Å². The molecule has 3 rings (SSSR count). The van der Waals surface area contributed by atoms with Crippen molar-refractivity contribution in [3.63, 3.8) is 0 Å². The molecule has 5 nitrogen and oxygen atoms in total. The van der Waals surface area contributed by atoms with Crippen LogP contribution in [0.4, 0.5) is 10.1 Å². The number of amides is 1. The van der Waals surface area contributed by atoms with Crippen molar-refractivity contribution in [3.05, 3.63) is 47.5 Å². The number of carbonyl (C=O) groups is 1. The van der Waals surface area contributed by atoms with Crippen LogP contribution >= 0.6 is 0 Å². The van der Waals surface area contributed by atoms with Crippen LogP contribution in [-0.4, -0.2) is 46.8 Å². The smallest absolute Gasteiger partial charge is 0.272 e. The van der Waals surface area contributed by atoms with E-state index in [2.05, 4.69) is 23.8 Å². The Morgan fingerprint density at radius 1 is 1.15 bits per heavy atom. The minimum atomic E-state index is -0.228. The van der Waals surface area contributed by atoms with Gasteiger partial charge in [0.25, 0.3) is 5.91 Å². The highest BCUT2D eigenvalue weighted by Crippen LogP contribution is 2.20. The summed E-state index contributed by atoms with van der Waals surface area (Å²) in [5.74, 6) is 0.119. The Balaban J connectivity index is 1.72. The number of nitrogens with zero attached hydrogens (tertiary/aromatic N) is 4. The number of benzene rings is 1. The number of carbonyl (C=O) groups excluding carboxylic acids is 1. The predicted octanol–water partition coefficient (Wildman–Crippen LogP) is 3.52. The van der Waals surface area contributed by atoms with Gasteiger partial charge in [-0.15, -0.1) is 0 Å². The molecule has 1 saturated heterocycles. The van der Waals surface area contributed by atoms with Crippen molar-refractivity contribution in [3.8, 4) is 0 Å². The molecular weight excluding hydrogens is 331 g/mol. The molecule has 1 aromatic carbocycles. The zero-order valence-electron chi connectivity index (χ0n) is 15.8. The Labute approximate surface area is 154 Å². The summed E-state index contributed by atoms with van der Waals surface area (Å²) in [6.45, 7) is 9.85. The van der Waals surface area contributed by atoms with Crippen molar-refractivity contribution in [2.24, 2.45) is 0 Å². The molecule has 1 fully saturated rings. The van der Waals surface area contributed by atoms with Crippen molar-refractivity contribution < 1.29 is 9.18 Å². The van der Waals surface area contributed by atoms with Gasteiger partial charge in [0, 0.05) is 38.4 Å². The maximum atomic E-state index is 13.1. The average molecular weight is 358 g/mol. The fourth-order valence-corrected chi connectivity index (χ4v) is 3.32. The Kier molecular flexibility index (Phi) is 5.59. The zero-order chi connectivity index (χ0) is 18.7. The molecule has 2 aromatic rings. The van der Waals surface area contributed by atoms with E-state index in [1.54, 1.807) is 16.8 Å². The number of halogens is 1. The van der Waals surface area contributed by atoms with Gasteiger partial charge in [-0.3, -0.25) is 9.48 Å². The van der Waals surface area contributed by atoms with Gasteiger partial charge in [0.15, 0.2) is 0 Å². The Bertz CT molecular complexity index is 754. The lowest BCUT2D eigenvalue weighted by atomic mass is 10.1.